The molecule has 70 valence electrons. The molecule has 0 spiro atoms. The predicted molar refractivity (Wildman–Crippen MR) is 49.3 cm³/mol. The van der Waals surface area contributed by atoms with E-state index < -0.39 is 0 Å². The summed E-state index contributed by atoms with van der Waals surface area (Å²) >= 11 is 0. The number of phenolic OH excluding ortho intramolecular Hbond substituents is 2. The van der Waals surface area contributed by atoms with E-state index in [1.807, 2.05) is 0 Å². The lowest BCUT2D eigenvalue weighted by atomic mass is 10.00. The number of hydrogen-bond acceptors (Lipinski definition) is 3. The summed E-state index contributed by atoms with van der Waals surface area (Å²) in [4.78, 5) is 11.1. The van der Waals surface area contributed by atoms with Gasteiger partial charge in [-0.1, -0.05) is 0 Å². The molecule has 2 N–H and O–H groups in total. The van der Waals surface area contributed by atoms with Gasteiger partial charge < -0.3 is 10.2 Å². The Balaban J connectivity index is 3.53. The first-order valence-corrected chi connectivity index (χ1v) is 3.98. The van der Waals surface area contributed by atoms with E-state index in [0.717, 1.165) is 0 Å². The van der Waals surface area contributed by atoms with Gasteiger partial charge in [-0.3, -0.25) is 4.79 Å². The molecule has 0 fully saturated rings. The molecule has 13 heavy (non-hydrogen) atoms. The van der Waals surface area contributed by atoms with Gasteiger partial charge in [-0.15, -0.1) is 0 Å². The van der Waals surface area contributed by atoms with Crippen molar-refractivity contribution in [3.63, 3.8) is 0 Å². The average molecular weight is 180 g/mol. The van der Waals surface area contributed by atoms with Crippen LogP contribution in [-0.2, 0) is 0 Å². The monoisotopic (exact) mass is 180 g/mol. The minimum absolute atomic E-state index is 0.0139. The summed E-state index contributed by atoms with van der Waals surface area (Å²) < 4.78 is 0. The number of aryl methyl sites for hydroxylation is 1. The summed E-state index contributed by atoms with van der Waals surface area (Å²) in [6.45, 7) is 4.63. The van der Waals surface area contributed by atoms with Gasteiger partial charge in [-0.2, -0.15) is 0 Å². The Labute approximate surface area is 76.6 Å². The fourth-order valence-corrected chi connectivity index (χ4v) is 1.33. The molecule has 0 radical (unpaired) electrons. The van der Waals surface area contributed by atoms with Crippen LogP contribution in [0.2, 0.25) is 0 Å². The van der Waals surface area contributed by atoms with Crippen LogP contribution < -0.4 is 0 Å². The Morgan fingerprint density at radius 1 is 1.31 bits per heavy atom. The molecule has 0 bridgehead atoms. The first kappa shape index (κ1) is 9.58. The van der Waals surface area contributed by atoms with Gasteiger partial charge in [0.25, 0.3) is 0 Å². The molecule has 0 aromatic heterocycles. The lowest BCUT2D eigenvalue weighted by molar-refractivity contribution is 0.101. The van der Waals surface area contributed by atoms with Crippen molar-refractivity contribution in [1.29, 1.82) is 0 Å². The van der Waals surface area contributed by atoms with Crippen LogP contribution in [0.25, 0.3) is 0 Å². The van der Waals surface area contributed by atoms with Gasteiger partial charge in [-0.25, -0.2) is 0 Å². The Morgan fingerprint density at radius 3 is 2.31 bits per heavy atom. The van der Waals surface area contributed by atoms with Crippen LogP contribution in [0.1, 0.15) is 28.4 Å². The minimum atomic E-state index is -0.196. The number of aromatic hydroxyl groups is 2. The average Bonchev–Trinajstić information content (AvgIpc) is 1.99. The molecule has 0 heterocycles. The summed E-state index contributed by atoms with van der Waals surface area (Å²) in [5.74, 6) is -0.303. The molecule has 0 atom stereocenters. The summed E-state index contributed by atoms with van der Waals surface area (Å²) in [5, 5.41) is 18.9. The zero-order chi connectivity index (χ0) is 10.2. The van der Waals surface area contributed by atoms with Crippen LogP contribution in [0.5, 0.6) is 11.5 Å². The van der Waals surface area contributed by atoms with Crippen molar-refractivity contribution in [2.75, 3.05) is 0 Å². The molecule has 1 aromatic rings. The Kier molecular flexibility index (Phi) is 2.28. The van der Waals surface area contributed by atoms with Crippen molar-refractivity contribution in [1.82, 2.24) is 0 Å². The summed E-state index contributed by atoms with van der Waals surface area (Å²) in [7, 11) is 0. The standard InChI is InChI=1S/C10H12O3/c1-5-4-8(12)6(2)10(13)9(5)7(3)11/h4,12-13H,1-3H3. The zero-order valence-corrected chi connectivity index (χ0v) is 7.88. The lowest BCUT2D eigenvalue weighted by Crippen LogP contribution is -1.98. The van der Waals surface area contributed by atoms with Gasteiger partial charge in [0.2, 0.25) is 0 Å². The second kappa shape index (κ2) is 3.09. The van der Waals surface area contributed by atoms with E-state index in [4.69, 9.17) is 0 Å². The topological polar surface area (TPSA) is 57.5 Å². The van der Waals surface area contributed by atoms with Crippen LogP contribution in [0, 0.1) is 13.8 Å². The zero-order valence-electron chi connectivity index (χ0n) is 7.88. The van der Waals surface area contributed by atoms with Crippen molar-refractivity contribution in [3.8, 4) is 11.5 Å². The van der Waals surface area contributed by atoms with Crippen molar-refractivity contribution in [3.05, 3.63) is 22.8 Å². The van der Waals surface area contributed by atoms with Gasteiger partial charge in [0.15, 0.2) is 5.78 Å². The van der Waals surface area contributed by atoms with Gasteiger partial charge in [0, 0.05) is 5.56 Å². The van der Waals surface area contributed by atoms with Gasteiger partial charge >= 0.3 is 0 Å². The fourth-order valence-electron chi connectivity index (χ4n) is 1.33. The molecule has 1 aromatic carbocycles. The molecule has 0 amide bonds. The minimum Gasteiger partial charge on any atom is -0.508 e. The largest absolute Gasteiger partial charge is 0.508 e. The number of carbonyl (C=O) groups excluding carboxylic acids is 1. The van der Waals surface area contributed by atoms with E-state index >= 15 is 0 Å². The van der Waals surface area contributed by atoms with Crippen LogP contribution >= 0.6 is 0 Å². The van der Waals surface area contributed by atoms with E-state index in [1.165, 1.54) is 13.0 Å². The number of carbonyl (C=O) groups is 1. The Bertz CT molecular complexity index is 367. The maximum atomic E-state index is 11.1. The fraction of sp³-hybridized carbons (Fsp3) is 0.300. The number of hydrogen-bond donors (Lipinski definition) is 2. The highest BCUT2D eigenvalue weighted by molar-refractivity contribution is 5.98. The van der Waals surface area contributed by atoms with E-state index in [0.29, 0.717) is 11.1 Å². The third-order valence-corrected chi connectivity index (χ3v) is 2.08. The molecule has 1 rings (SSSR count). The quantitative estimate of drug-likeness (QED) is 0.649. The number of phenols is 2. The number of Topliss-reactive ketones (excluding diaryl/α,β-unsaturated/α-hetero) is 1. The van der Waals surface area contributed by atoms with Gasteiger partial charge in [0.05, 0.1) is 5.56 Å². The highest BCUT2D eigenvalue weighted by Gasteiger charge is 2.14. The van der Waals surface area contributed by atoms with Crippen molar-refractivity contribution >= 4 is 5.78 Å². The molecule has 0 unspecified atom stereocenters. The molecule has 0 aliphatic rings. The first-order valence-electron chi connectivity index (χ1n) is 3.98. The van der Waals surface area contributed by atoms with Crippen LogP contribution in [0.15, 0.2) is 6.07 Å². The van der Waals surface area contributed by atoms with Gasteiger partial charge in [0.1, 0.15) is 11.5 Å². The molecular weight excluding hydrogens is 168 g/mol. The molecule has 3 heteroatoms. The molecule has 3 nitrogen and oxygen atoms in total. The molecule has 0 aliphatic heterocycles. The lowest BCUT2D eigenvalue weighted by Gasteiger charge is -2.09. The number of benzene rings is 1. The van der Waals surface area contributed by atoms with E-state index in [1.54, 1.807) is 13.8 Å². The normalized spacial score (nSPS) is 10.1. The third-order valence-electron chi connectivity index (χ3n) is 2.08. The summed E-state index contributed by atoms with van der Waals surface area (Å²) in [5.41, 5.74) is 1.22. The predicted octanol–water partition coefficient (Wildman–Crippen LogP) is 1.92. The SMILES string of the molecule is CC(=O)c1c(C)cc(O)c(C)c1O. The molecular formula is C10H12O3. The summed E-state index contributed by atoms with van der Waals surface area (Å²) in [6.07, 6.45) is 0. The van der Waals surface area contributed by atoms with Crippen molar-refractivity contribution in [2.45, 2.75) is 20.8 Å². The maximum absolute atomic E-state index is 11.1. The Morgan fingerprint density at radius 2 is 1.85 bits per heavy atom. The first-order chi connectivity index (χ1) is 5.95. The van der Waals surface area contributed by atoms with Crippen LogP contribution in [-0.4, -0.2) is 16.0 Å². The maximum Gasteiger partial charge on any atom is 0.163 e. The van der Waals surface area contributed by atoms with Crippen LogP contribution in [0.3, 0.4) is 0 Å². The Hall–Kier alpha value is -1.51. The molecule has 0 saturated carbocycles. The highest BCUT2D eigenvalue weighted by Crippen LogP contribution is 2.32. The van der Waals surface area contributed by atoms with Gasteiger partial charge in [-0.05, 0) is 32.4 Å². The molecule has 0 saturated heterocycles. The van der Waals surface area contributed by atoms with Crippen molar-refractivity contribution < 1.29 is 15.0 Å². The second-order valence-electron chi connectivity index (χ2n) is 3.12. The second-order valence-corrected chi connectivity index (χ2v) is 3.12. The number of rotatable bonds is 1. The van der Waals surface area contributed by atoms with E-state index in [2.05, 4.69) is 0 Å². The van der Waals surface area contributed by atoms with E-state index in [-0.39, 0.29) is 22.8 Å². The highest BCUT2D eigenvalue weighted by atomic mass is 16.3. The smallest absolute Gasteiger partial charge is 0.163 e. The van der Waals surface area contributed by atoms with E-state index in [9.17, 15) is 15.0 Å². The number of ketones is 1. The van der Waals surface area contributed by atoms with Crippen molar-refractivity contribution in [2.24, 2.45) is 0 Å². The van der Waals surface area contributed by atoms with Crippen LogP contribution in [0.4, 0.5) is 0 Å². The molecule has 0 aliphatic carbocycles. The summed E-state index contributed by atoms with van der Waals surface area (Å²) in [6, 6.07) is 1.48. The third kappa shape index (κ3) is 1.49.